The van der Waals surface area contributed by atoms with Crippen molar-refractivity contribution in [2.24, 2.45) is 0 Å². The molecule has 1 unspecified atom stereocenters. The van der Waals surface area contributed by atoms with Crippen LogP contribution in [0.2, 0.25) is 0 Å². The summed E-state index contributed by atoms with van der Waals surface area (Å²) in [4.78, 5) is 16.2. The van der Waals surface area contributed by atoms with Crippen molar-refractivity contribution in [3.63, 3.8) is 0 Å². The number of hydrogen-bond donors (Lipinski definition) is 1. The minimum absolute atomic E-state index is 0.0304. The Labute approximate surface area is 118 Å². The van der Waals surface area contributed by atoms with Crippen molar-refractivity contribution in [3.05, 3.63) is 30.1 Å². The number of hydrogen-bond acceptors (Lipinski definition) is 3. The maximum atomic E-state index is 11.6. The van der Waals surface area contributed by atoms with Gasteiger partial charge in [0.1, 0.15) is 5.82 Å². The van der Waals surface area contributed by atoms with Gasteiger partial charge in [0, 0.05) is 20.1 Å². The third-order valence-corrected chi connectivity index (χ3v) is 3.29. The van der Waals surface area contributed by atoms with Crippen LogP contribution in [0.3, 0.4) is 0 Å². The first kappa shape index (κ1) is 14.5. The SMILES string of the molecule is CCC(=O)NC(C)c1nc2ccccc2n1CCOC. The molecule has 0 spiro atoms. The zero-order chi connectivity index (χ0) is 14.5. The number of nitrogens with one attached hydrogen (secondary N) is 1. The summed E-state index contributed by atoms with van der Waals surface area (Å²) in [7, 11) is 1.68. The maximum Gasteiger partial charge on any atom is 0.220 e. The summed E-state index contributed by atoms with van der Waals surface area (Å²) >= 11 is 0. The summed E-state index contributed by atoms with van der Waals surface area (Å²) in [6, 6.07) is 7.86. The Morgan fingerprint density at radius 3 is 2.90 bits per heavy atom. The van der Waals surface area contributed by atoms with E-state index in [1.807, 2.05) is 38.1 Å². The highest BCUT2D eigenvalue weighted by molar-refractivity contribution is 5.77. The first-order valence-corrected chi connectivity index (χ1v) is 6.90. The van der Waals surface area contributed by atoms with E-state index in [-0.39, 0.29) is 11.9 Å². The molecule has 5 nitrogen and oxygen atoms in total. The first-order chi connectivity index (χ1) is 9.67. The van der Waals surface area contributed by atoms with Gasteiger partial charge in [-0.25, -0.2) is 4.98 Å². The number of para-hydroxylation sites is 2. The molecular formula is C15H21N3O2. The molecule has 20 heavy (non-hydrogen) atoms. The molecule has 0 aliphatic heterocycles. The average Bonchev–Trinajstić information content (AvgIpc) is 2.83. The van der Waals surface area contributed by atoms with Gasteiger partial charge in [-0.1, -0.05) is 19.1 Å². The van der Waals surface area contributed by atoms with Crippen LogP contribution in [0.1, 0.15) is 32.1 Å². The maximum absolute atomic E-state index is 11.6. The molecule has 2 rings (SSSR count). The molecule has 108 valence electrons. The molecule has 5 heteroatoms. The molecule has 1 aromatic carbocycles. The molecule has 0 saturated heterocycles. The predicted octanol–water partition coefficient (Wildman–Crippen LogP) is 2.27. The molecule has 1 aromatic heterocycles. The quantitative estimate of drug-likeness (QED) is 0.880. The van der Waals surface area contributed by atoms with Gasteiger partial charge in [-0.2, -0.15) is 0 Å². The Balaban J connectivity index is 2.37. The highest BCUT2D eigenvalue weighted by Gasteiger charge is 2.17. The van der Waals surface area contributed by atoms with E-state index in [4.69, 9.17) is 4.74 Å². The van der Waals surface area contributed by atoms with Gasteiger partial charge in [-0.05, 0) is 19.1 Å². The molecule has 1 N–H and O–H groups in total. The monoisotopic (exact) mass is 275 g/mol. The molecule has 0 saturated carbocycles. The molecule has 0 bridgehead atoms. The topological polar surface area (TPSA) is 56.2 Å². The van der Waals surface area contributed by atoms with E-state index >= 15 is 0 Å². The Morgan fingerprint density at radius 1 is 1.45 bits per heavy atom. The van der Waals surface area contributed by atoms with Gasteiger partial charge in [0.25, 0.3) is 0 Å². The fraction of sp³-hybridized carbons (Fsp3) is 0.467. The normalized spacial score (nSPS) is 12.6. The van der Waals surface area contributed by atoms with Crippen LogP contribution in [0.4, 0.5) is 0 Å². The smallest absolute Gasteiger partial charge is 0.220 e. The Kier molecular flexibility index (Phi) is 4.74. The Hall–Kier alpha value is -1.88. The van der Waals surface area contributed by atoms with E-state index in [9.17, 15) is 4.79 Å². The fourth-order valence-electron chi connectivity index (χ4n) is 2.25. The lowest BCUT2D eigenvalue weighted by atomic mass is 10.3. The third kappa shape index (κ3) is 2.99. The number of benzene rings is 1. The molecular weight excluding hydrogens is 254 g/mol. The van der Waals surface area contributed by atoms with Crippen LogP contribution in [-0.4, -0.2) is 29.2 Å². The first-order valence-electron chi connectivity index (χ1n) is 6.90. The summed E-state index contributed by atoms with van der Waals surface area (Å²) in [6.45, 7) is 5.13. The summed E-state index contributed by atoms with van der Waals surface area (Å²) in [5, 5.41) is 2.96. The zero-order valence-corrected chi connectivity index (χ0v) is 12.2. The van der Waals surface area contributed by atoms with Gasteiger partial charge in [0.05, 0.1) is 23.7 Å². The van der Waals surface area contributed by atoms with Crippen molar-refractivity contribution in [1.82, 2.24) is 14.9 Å². The number of carbonyl (C=O) groups excluding carboxylic acids is 1. The predicted molar refractivity (Wildman–Crippen MR) is 78.5 cm³/mol. The molecule has 0 aliphatic carbocycles. The number of imidazole rings is 1. The molecule has 1 atom stereocenters. The van der Waals surface area contributed by atoms with E-state index < -0.39 is 0 Å². The highest BCUT2D eigenvalue weighted by Crippen LogP contribution is 2.20. The van der Waals surface area contributed by atoms with Crippen LogP contribution in [0.5, 0.6) is 0 Å². The zero-order valence-electron chi connectivity index (χ0n) is 12.2. The largest absolute Gasteiger partial charge is 0.383 e. The van der Waals surface area contributed by atoms with Crippen molar-refractivity contribution in [2.75, 3.05) is 13.7 Å². The van der Waals surface area contributed by atoms with Crippen LogP contribution in [0, 0.1) is 0 Å². The lowest BCUT2D eigenvalue weighted by molar-refractivity contribution is -0.121. The van der Waals surface area contributed by atoms with Crippen molar-refractivity contribution < 1.29 is 9.53 Å². The number of rotatable bonds is 6. The number of methoxy groups -OCH3 is 1. The lowest BCUT2D eigenvalue weighted by Gasteiger charge is -2.15. The van der Waals surface area contributed by atoms with Gasteiger partial charge < -0.3 is 14.6 Å². The number of ether oxygens (including phenoxy) is 1. The Morgan fingerprint density at radius 2 is 2.20 bits per heavy atom. The summed E-state index contributed by atoms with van der Waals surface area (Å²) in [5.41, 5.74) is 2.01. The van der Waals surface area contributed by atoms with Crippen molar-refractivity contribution >= 4 is 16.9 Å². The van der Waals surface area contributed by atoms with Crippen molar-refractivity contribution in [2.45, 2.75) is 32.9 Å². The second kappa shape index (κ2) is 6.52. The molecule has 0 aliphatic rings. The van der Waals surface area contributed by atoms with E-state index in [2.05, 4.69) is 14.9 Å². The molecule has 0 radical (unpaired) electrons. The number of carbonyl (C=O) groups is 1. The summed E-state index contributed by atoms with van der Waals surface area (Å²) < 4.78 is 7.28. The molecule has 1 amide bonds. The highest BCUT2D eigenvalue weighted by atomic mass is 16.5. The minimum atomic E-state index is -0.119. The van der Waals surface area contributed by atoms with E-state index in [0.717, 1.165) is 23.4 Å². The van der Waals surface area contributed by atoms with Crippen molar-refractivity contribution in [1.29, 1.82) is 0 Å². The van der Waals surface area contributed by atoms with Crippen LogP contribution in [0.25, 0.3) is 11.0 Å². The van der Waals surface area contributed by atoms with E-state index in [1.165, 1.54) is 0 Å². The Bertz CT molecular complexity index is 592. The number of fused-ring (bicyclic) bond motifs is 1. The van der Waals surface area contributed by atoms with Gasteiger partial charge in [-0.3, -0.25) is 4.79 Å². The van der Waals surface area contributed by atoms with Gasteiger partial charge >= 0.3 is 0 Å². The molecule has 2 aromatic rings. The standard InChI is InChI=1S/C15H21N3O2/c1-4-14(19)16-11(2)15-17-12-7-5-6-8-13(12)18(15)9-10-20-3/h5-8,11H,4,9-10H2,1-3H3,(H,16,19). The van der Waals surface area contributed by atoms with Crippen LogP contribution >= 0.6 is 0 Å². The molecule has 1 heterocycles. The number of amides is 1. The van der Waals surface area contributed by atoms with Crippen LogP contribution in [-0.2, 0) is 16.1 Å². The second-order valence-corrected chi connectivity index (χ2v) is 4.75. The third-order valence-electron chi connectivity index (χ3n) is 3.29. The average molecular weight is 275 g/mol. The van der Waals surface area contributed by atoms with Crippen LogP contribution < -0.4 is 5.32 Å². The summed E-state index contributed by atoms with van der Waals surface area (Å²) in [5.74, 6) is 0.896. The second-order valence-electron chi connectivity index (χ2n) is 4.75. The fourth-order valence-corrected chi connectivity index (χ4v) is 2.25. The molecule has 0 fully saturated rings. The van der Waals surface area contributed by atoms with Crippen molar-refractivity contribution in [3.8, 4) is 0 Å². The van der Waals surface area contributed by atoms with Gasteiger partial charge in [0.15, 0.2) is 0 Å². The van der Waals surface area contributed by atoms with Gasteiger partial charge in [-0.15, -0.1) is 0 Å². The number of nitrogens with zero attached hydrogens (tertiary/aromatic N) is 2. The summed E-state index contributed by atoms with van der Waals surface area (Å²) in [6.07, 6.45) is 0.475. The minimum Gasteiger partial charge on any atom is -0.383 e. The van der Waals surface area contributed by atoms with Crippen LogP contribution in [0.15, 0.2) is 24.3 Å². The van der Waals surface area contributed by atoms with E-state index in [0.29, 0.717) is 13.0 Å². The van der Waals surface area contributed by atoms with Gasteiger partial charge in [0.2, 0.25) is 5.91 Å². The number of aromatic nitrogens is 2. The lowest BCUT2D eigenvalue weighted by Crippen LogP contribution is -2.28. The van der Waals surface area contributed by atoms with E-state index in [1.54, 1.807) is 7.11 Å².